The molecule has 0 fully saturated rings. The number of hydrogen-bond acceptors (Lipinski definition) is 1. The summed E-state index contributed by atoms with van der Waals surface area (Å²) >= 11 is 0. The molecule has 19 heavy (non-hydrogen) atoms. The average Bonchev–Trinajstić information content (AvgIpc) is 2.40. The smallest absolute Gasteiger partial charge is 0.254 e. The van der Waals surface area contributed by atoms with Crippen molar-refractivity contribution in [2.45, 2.75) is 6.54 Å². The van der Waals surface area contributed by atoms with E-state index in [4.69, 9.17) is 0 Å². The van der Waals surface area contributed by atoms with Gasteiger partial charge in [0.15, 0.2) is 11.6 Å². The summed E-state index contributed by atoms with van der Waals surface area (Å²) in [5, 5.41) is 2.43. The Kier molecular flexibility index (Phi) is 3.85. The minimum Gasteiger partial charge on any atom is -0.348 e. The maximum absolute atomic E-state index is 13.3. The number of benzene rings is 2. The Morgan fingerprint density at radius 2 is 1.68 bits per heavy atom. The van der Waals surface area contributed by atoms with Crippen molar-refractivity contribution in [3.05, 3.63) is 71.0 Å². The van der Waals surface area contributed by atoms with E-state index in [0.717, 1.165) is 12.1 Å². The molecule has 5 heteroatoms. The molecule has 0 saturated heterocycles. The summed E-state index contributed by atoms with van der Waals surface area (Å²) in [6, 6.07) is 8.83. The topological polar surface area (TPSA) is 29.1 Å². The van der Waals surface area contributed by atoms with Crippen molar-refractivity contribution in [3.8, 4) is 0 Å². The molecule has 0 unspecified atom stereocenters. The summed E-state index contributed by atoms with van der Waals surface area (Å²) < 4.78 is 39.0. The van der Waals surface area contributed by atoms with Crippen LogP contribution in [0.1, 0.15) is 15.9 Å². The van der Waals surface area contributed by atoms with Crippen molar-refractivity contribution in [2.75, 3.05) is 0 Å². The molecule has 1 N–H and O–H groups in total. The molecular formula is C14H10F3NO. The molecule has 0 aromatic heterocycles. The van der Waals surface area contributed by atoms with Crippen molar-refractivity contribution in [3.63, 3.8) is 0 Å². The molecule has 98 valence electrons. The normalized spacial score (nSPS) is 10.3. The SMILES string of the molecule is O=C(NCc1ccc(F)c(F)c1)c1ccccc1F. The van der Waals surface area contributed by atoms with Gasteiger partial charge >= 0.3 is 0 Å². The lowest BCUT2D eigenvalue weighted by Gasteiger charge is -2.06. The van der Waals surface area contributed by atoms with Crippen LogP contribution in [0.4, 0.5) is 13.2 Å². The van der Waals surface area contributed by atoms with Gasteiger partial charge in [-0.15, -0.1) is 0 Å². The lowest BCUT2D eigenvalue weighted by atomic mass is 10.2. The lowest BCUT2D eigenvalue weighted by molar-refractivity contribution is 0.0947. The van der Waals surface area contributed by atoms with Crippen LogP contribution in [0.3, 0.4) is 0 Å². The molecular weight excluding hydrogens is 255 g/mol. The van der Waals surface area contributed by atoms with Crippen LogP contribution >= 0.6 is 0 Å². The van der Waals surface area contributed by atoms with E-state index in [0.29, 0.717) is 5.56 Å². The van der Waals surface area contributed by atoms with Crippen LogP contribution in [0.2, 0.25) is 0 Å². The van der Waals surface area contributed by atoms with Gasteiger partial charge in [0.25, 0.3) is 5.91 Å². The van der Waals surface area contributed by atoms with E-state index in [1.54, 1.807) is 0 Å². The number of carbonyl (C=O) groups is 1. The van der Waals surface area contributed by atoms with E-state index in [-0.39, 0.29) is 12.1 Å². The average molecular weight is 265 g/mol. The monoisotopic (exact) mass is 265 g/mol. The van der Waals surface area contributed by atoms with Gasteiger partial charge in [-0.2, -0.15) is 0 Å². The molecule has 0 radical (unpaired) electrons. The van der Waals surface area contributed by atoms with Gasteiger partial charge < -0.3 is 5.32 Å². The van der Waals surface area contributed by atoms with E-state index in [2.05, 4.69) is 5.32 Å². The van der Waals surface area contributed by atoms with Crippen LogP contribution in [0, 0.1) is 17.5 Å². The van der Waals surface area contributed by atoms with Crippen LogP contribution < -0.4 is 5.32 Å². The molecule has 0 aliphatic carbocycles. The Morgan fingerprint density at radius 3 is 2.37 bits per heavy atom. The molecule has 0 aliphatic heterocycles. The second-order valence-electron chi connectivity index (χ2n) is 3.91. The zero-order valence-electron chi connectivity index (χ0n) is 9.79. The Bertz CT molecular complexity index is 613. The van der Waals surface area contributed by atoms with Crippen LogP contribution in [0.5, 0.6) is 0 Å². The van der Waals surface area contributed by atoms with E-state index < -0.39 is 23.4 Å². The molecule has 0 heterocycles. The fourth-order valence-corrected chi connectivity index (χ4v) is 1.57. The molecule has 2 nitrogen and oxygen atoms in total. The van der Waals surface area contributed by atoms with Gasteiger partial charge in [0, 0.05) is 6.54 Å². The first-order valence-corrected chi connectivity index (χ1v) is 5.54. The number of hydrogen-bond donors (Lipinski definition) is 1. The third-order valence-corrected chi connectivity index (χ3v) is 2.56. The number of nitrogens with one attached hydrogen (secondary N) is 1. The Labute approximate surface area is 107 Å². The molecule has 2 rings (SSSR count). The highest BCUT2D eigenvalue weighted by Crippen LogP contribution is 2.10. The van der Waals surface area contributed by atoms with Crippen molar-refractivity contribution in [1.82, 2.24) is 5.32 Å². The quantitative estimate of drug-likeness (QED) is 0.908. The predicted molar refractivity (Wildman–Crippen MR) is 63.9 cm³/mol. The first-order valence-electron chi connectivity index (χ1n) is 5.54. The second-order valence-corrected chi connectivity index (χ2v) is 3.91. The second kappa shape index (κ2) is 5.56. The van der Waals surface area contributed by atoms with E-state index in [1.807, 2.05) is 0 Å². The molecule has 2 aromatic carbocycles. The zero-order chi connectivity index (χ0) is 13.8. The number of amides is 1. The molecule has 0 bridgehead atoms. The highest BCUT2D eigenvalue weighted by atomic mass is 19.2. The first-order chi connectivity index (χ1) is 9.08. The number of rotatable bonds is 3. The summed E-state index contributed by atoms with van der Waals surface area (Å²) in [5.41, 5.74) is 0.300. The van der Waals surface area contributed by atoms with E-state index in [1.165, 1.54) is 30.3 Å². The van der Waals surface area contributed by atoms with Crippen molar-refractivity contribution < 1.29 is 18.0 Å². The van der Waals surface area contributed by atoms with Gasteiger partial charge in [0.05, 0.1) is 5.56 Å². The fourth-order valence-electron chi connectivity index (χ4n) is 1.57. The minimum atomic E-state index is -0.988. The van der Waals surface area contributed by atoms with Gasteiger partial charge in [-0.3, -0.25) is 4.79 Å². The van der Waals surface area contributed by atoms with Gasteiger partial charge in [0.1, 0.15) is 5.82 Å². The van der Waals surface area contributed by atoms with Crippen molar-refractivity contribution in [2.24, 2.45) is 0 Å². The third-order valence-electron chi connectivity index (χ3n) is 2.56. The molecule has 0 saturated carbocycles. The lowest BCUT2D eigenvalue weighted by Crippen LogP contribution is -2.23. The Morgan fingerprint density at radius 1 is 0.947 bits per heavy atom. The van der Waals surface area contributed by atoms with Crippen molar-refractivity contribution >= 4 is 5.91 Å². The summed E-state index contributed by atoms with van der Waals surface area (Å²) in [6.07, 6.45) is 0. The fraction of sp³-hybridized carbons (Fsp3) is 0.0714. The molecule has 1 amide bonds. The summed E-state index contributed by atoms with van der Waals surface area (Å²) in [7, 11) is 0. The van der Waals surface area contributed by atoms with E-state index in [9.17, 15) is 18.0 Å². The van der Waals surface area contributed by atoms with Crippen LogP contribution in [-0.4, -0.2) is 5.91 Å². The highest BCUT2D eigenvalue weighted by Gasteiger charge is 2.10. The van der Waals surface area contributed by atoms with Gasteiger partial charge in [-0.25, -0.2) is 13.2 Å². The summed E-state index contributed by atoms with van der Waals surface area (Å²) in [6.45, 7) is -0.00956. The first kappa shape index (κ1) is 13.1. The van der Waals surface area contributed by atoms with Gasteiger partial charge in [0.2, 0.25) is 0 Å². The highest BCUT2D eigenvalue weighted by molar-refractivity contribution is 5.94. The Hall–Kier alpha value is -2.30. The molecule has 0 spiro atoms. The summed E-state index contributed by atoms with van der Waals surface area (Å²) in [4.78, 5) is 11.7. The standard InChI is InChI=1S/C14H10F3NO/c15-11-4-2-1-3-10(11)14(19)18-8-9-5-6-12(16)13(17)7-9/h1-7H,8H2,(H,18,19). The third kappa shape index (κ3) is 3.13. The number of halogens is 3. The summed E-state index contributed by atoms with van der Waals surface area (Å²) in [5.74, 6) is -3.19. The molecule has 2 aromatic rings. The van der Waals surface area contributed by atoms with E-state index >= 15 is 0 Å². The Balaban J connectivity index is 2.04. The van der Waals surface area contributed by atoms with Crippen molar-refractivity contribution in [1.29, 1.82) is 0 Å². The largest absolute Gasteiger partial charge is 0.348 e. The maximum Gasteiger partial charge on any atom is 0.254 e. The van der Waals surface area contributed by atoms with Crippen LogP contribution in [0.25, 0.3) is 0 Å². The molecule has 0 atom stereocenters. The zero-order valence-corrected chi connectivity index (χ0v) is 9.79. The van der Waals surface area contributed by atoms with Crippen LogP contribution in [0.15, 0.2) is 42.5 Å². The predicted octanol–water partition coefficient (Wildman–Crippen LogP) is 3.03. The van der Waals surface area contributed by atoms with Gasteiger partial charge in [-0.1, -0.05) is 18.2 Å². The minimum absolute atomic E-state index is 0.00956. The molecule has 0 aliphatic rings. The van der Waals surface area contributed by atoms with Gasteiger partial charge in [-0.05, 0) is 29.8 Å². The maximum atomic E-state index is 13.3. The number of carbonyl (C=O) groups excluding carboxylic acids is 1. The van der Waals surface area contributed by atoms with Crippen LogP contribution in [-0.2, 0) is 6.54 Å².